The van der Waals surface area contributed by atoms with Gasteiger partial charge in [0, 0.05) is 54.5 Å². The fraction of sp³-hybridized carbons (Fsp3) is 0.429. The molecule has 4 aliphatic rings. The second-order valence-electron chi connectivity index (χ2n) is 16.4. The largest absolute Gasteiger partial charge is 0.480 e. The Bertz CT molecular complexity index is 2650. The third kappa shape index (κ3) is 7.03. The molecule has 59 heavy (non-hydrogen) atoms. The van der Waals surface area contributed by atoms with Crippen molar-refractivity contribution in [3.63, 3.8) is 0 Å². The molecule has 1 saturated carbocycles. The van der Waals surface area contributed by atoms with Crippen LogP contribution in [0, 0.1) is 23.0 Å². The van der Waals surface area contributed by atoms with Crippen LogP contribution in [0.3, 0.4) is 0 Å². The summed E-state index contributed by atoms with van der Waals surface area (Å²) in [7, 11) is -2.20. The monoisotopic (exact) mass is 841 g/mol. The molecule has 308 valence electrons. The van der Waals surface area contributed by atoms with Gasteiger partial charge in [-0.2, -0.15) is 0 Å². The molecule has 2 aliphatic heterocycles. The molecule has 15 nitrogen and oxygen atoms in total. The average Bonchev–Trinajstić information content (AvgIpc) is 3.66. The molecule has 2 N–H and O–H groups in total. The highest BCUT2D eigenvalue weighted by atomic mass is 35.5. The summed E-state index contributed by atoms with van der Waals surface area (Å²) in [5, 5.41) is 23.1. The number of amides is 1. The number of sulfonamides is 1. The van der Waals surface area contributed by atoms with E-state index >= 15 is 0 Å². The van der Waals surface area contributed by atoms with Gasteiger partial charge in [-0.3, -0.25) is 34.4 Å². The van der Waals surface area contributed by atoms with E-state index in [9.17, 15) is 28.4 Å². The van der Waals surface area contributed by atoms with Gasteiger partial charge in [0.05, 0.1) is 45.7 Å². The number of aromatic nitrogens is 3. The SMILES string of the molecule is COc1nc(-c2cccc(-c3cccc(-c4nc5cc6c(c([N+](=O)[O-])c5o4)CC[C@H]6N4CC[C@@H](C(=O)NS(=O)(=O)C5(C)CC5)C4)c3C)c2Cl)cnc1CN1CC[C@@H](O)C1. The number of β-amino-alcohol motifs (C(OH)–C–C–N with tert-alkyl or cyclic N) is 1. The number of benzene rings is 3. The standard InChI is InChI=1S/C42H44ClN7O8S/c1-23-26(28-8-5-9-30(36(28)43)33-19-44-34(41(46-33)57-3)22-48-16-13-25(51)21-48)6-4-7-27(23)40-45-32-18-31-29(37(50(53)54)38(32)58-40)10-11-35(31)49-17-12-24(20-49)39(52)47-59(55,56)42(2)14-15-42/h4-9,18-19,24-25,35,51H,10-17,20-22H2,1-3H3,(H,47,52)/t24-,25-,35-/m1/s1. The normalized spacial score (nSPS) is 21.5. The second-order valence-corrected chi connectivity index (χ2v) is 19.0. The number of aliphatic hydroxyl groups excluding tert-OH is 1. The number of fused-ring (bicyclic) bond motifs is 2. The predicted molar refractivity (Wildman–Crippen MR) is 220 cm³/mol. The number of nitrogens with one attached hydrogen (secondary N) is 1. The minimum absolute atomic E-state index is 0.101. The molecule has 9 rings (SSSR count). The molecule has 17 heteroatoms. The van der Waals surface area contributed by atoms with Crippen molar-refractivity contribution in [3.8, 4) is 39.7 Å². The zero-order valence-electron chi connectivity index (χ0n) is 32.9. The van der Waals surface area contributed by atoms with E-state index in [1.54, 1.807) is 20.2 Å². The molecule has 2 aromatic heterocycles. The van der Waals surface area contributed by atoms with Gasteiger partial charge >= 0.3 is 5.69 Å². The van der Waals surface area contributed by atoms with Crippen LogP contribution in [0.2, 0.25) is 5.02 Å². The first-order valence-electron chi connectivity index (χ1n) is 19.9. The van der Waals surface area contributed by atoms with Crippen LogP contribution in [0.4, 0.5) is 5.69 Å². The van der Waals surface area contributed by atoms with Crippen molar-refractivity contribution in [2.45, 2.75) is 75.8 Å². The Balaban J connectivity index is 1.000. The van der Waals surface area contributed by atoms with Crippen LogP contribution in [0.1, 0.15) is 67.5 Å². The van der Waals surface area contributed by atoms with E-state index in [2.05, 4.69) is 19.5 Å². The molecule has 0 bridgehead atoms. The van der Waals surface area contributed by atoms with Crippen LogP contribution in [0.25, 0.3) is 44.9 Å². The minimum Gasteiger partial charge on any atom is -0.480 e. The topological polar surface area (TPSA) is 194 Å². The van der Waals surface area contributed by atoms with Crippen LogP contribution >= 0.6 is 11.6 Å². The first-order chi connectivity index (χ1) is 28.2. The smallest absolute Gasteiger partial charge is 0.317 e. The number of nitrogens with zero attached hydrogens (tertiary/aromatic N) is 6. The fourth-order valence-electron chi connectivity index (χ4n) is 8.92. The molecule has 2 saturated heterocycles. The Morgan fingerprint density at radius 2 is 1.83 bits per heavy atom. The van der Waals surface area contributed by atoms with E-state index in [-0.39, 0.29) is 29.3 Å². The lowest BCUT2D eigenvalue weighted by molar-refractivity contribution is -0.384. The van der Waals surface area contributed by atoms with Crippen molar-refractivity contribution in [3.05, 3.63) is 86.2 Å². The van der Waals surface area contributed by atoms with Crippen molar-refractivity contribution in [2.24, 2.45) is 5.92 Å². The van der Waals surface area contributed by atoms with Crippen molar-refractivity contribution < 1.29 is 32.4 Å². The molecule has 3 atom stereocenters. The van der Waals surface area contributed by atoms with E-state index in [1.165, 1.54) is 0 Å². The molecule has 4 heterocycles. The zero-order chi connectivity index (χ0) is 41.4. The van der Waals surface area contributed by atoms with Crippen LogP contribution in [-0.4, -0.2) is 93.2 Å². The number of halogens is 1. The molecule has 0 spiro atoms. The minimum atomic E-state index is -3.75. The summed E-state index contributed by atoms with van der Waals surface area (Å²) < 4.78 is 38.8. The third-order valence-electron chi connectivity index (χ3n) is 12.6. The van der Waals surface area contributed by atoms with Crippen LogP contribution in [-0.2, 0) is 27.8 Å². The maximum Gasteiger partial charge on any atom is 0.317 e. The number of carbonyl (C=O) groups excluding carboxylic acids is 1. The molecular formula is C42H44ClN7O8S. The Morgan fingerprint density at radius 1 is 1.08 bits per heavy atom. The molecule has 1 amide bonds. The molecule has 5 aromatic rings. The zero-order valence-corrected chi connectivity index (χ0v) is 34.5. The number of hydrogen-bond acceptors (Lipinski definition) is 13. The molecule has 0 radical (unpaired) electrons. The van der Waals surface area contributed by atoms with E-state index in [0.717, 1.165) is 28.8 Å². The van der Waals surface area contributed by atoms with E-state index in [0.29, 0.717) is 109 Å². The van der Waals surface area contributed by atoms with E-state index in [4.69, 9.17) is 30.7 Å². The number of aliphatic hydroxyl groups is 1. The molecular weight excluding hydrogens is 798 g/mol. The number of carbonyl (C=O) groups is 1. The van der Waals surface area contributed by atoms with Gasteiger partial charge in [0.1, 0.15) is 11.2 Å². The fourth-order valence-corrected chi connectivity index (χ4v) is 10.6. The maximum atomic E-state index is 13.1. The van der Waals surface area contributed by atoms with Crippen molar-refractivity contribution >= 4 is 44.3 Å². The average molecular weight is 842 g/mol. The van der Waals surface area contributed by atoms with Crippen LogP contribution in [0.15, 0.2) is 53.1 Å². The number of oxazole rings is 1. The first-order valence-corrected chi connectivity index (χ1v) is 21.7. The summed E-state index contributed by atoms with van der Waals surface area (Å²) >= 11 is 7.14. The first kappa shape index (κ1) is 39.5. The van der Waals surface area contributed by atoms with Gasteiger partial charge in [0.25, 0.3) is 0 Å². The predicted octanol–water partition coefficient (Wildman–Crippen LogP) is 6.37. The number of hydrogen-bond donors (Lipinski definition) is 2. The Morgan fingerprint density at radius 3 is 2.54 bits per heavy atom. The number of methoxy groups -OCH3 is 1. The molecule has 3 aromatic carbocycles. The van der Waals surface area contributed by atoms with Gasteiger partial charge in [0.15, 0.2) is 0 Å². The number of rotatable bonds is 11. The highest BCUT2D eigenvalue weighted by Gasteiger charge is 2.51. The summed E-state index contributed by atoms with van der Waals surface area (Å²) in [5.74, 6) is -0.384. The maximum absolute atomic E-state index is 13.1. The number of nitro benzene ring substituents is 1. The summed E-state index contributed by atoms with van der Waals surface area (Å²) in [5.41, 5.74) is 6.57. The number of likely N-dealkylation sites (tertiary alicyclic amines) is 2. The van der Waals surface area contributed by atoms with Crippen molar-refractivity contribution in [1.29, 1.82) is 0 Å². The molecule has 0 unspecified atom stereocenters. The van der Waals surface area contributed by atoms with Gasteiger partial charge in [-0.1, -0.05) is 41.9 Å². The van der Waals surface area contributed by atoms with E-state index < -0.39 is 31.5 Å². The van der Waals surface area contributed by atoms with Gasteiger partial charge in [-0.05, 0) is 87.7 Å². The quantitative estimate of drug-likeness (QED) is 0.110. The van der Waals surface area contributed by atoms with E-state index in [1.807, 2.05) is 49.4 Å². The Labute approximate surface area is 346 Å². The van der Waals surface area contributed by atoms with Gasteiger partial charge in [0.2, 0.25) is 33.3 Å². The van der Waals surface area contributed by atoms with Gasteiger partial charge in [-0.15, -0.1) is 0 Å². The van der Waals surface area contributed by atoms with Crippen molar-refractivity contribution in [1.82, 2.24) is 29.5 Å². The lowest BCUT2D eigenvalue weighted by atomic mass is 9.94. The Hall–Kier alpha value is -5.00. The summed E-state index contributed by atoms with van der Waals surface area (Å²) in [4.78, 5) is 43.9. The summed E-state index contributed by atoms with van der Waals surface area (Å²) in [6.07, 6.45) is 4.67. The van der Waals surface area contributed by atoms with Gasteiger partial charge < -0.3 is 14.3 Å². The highest BCUT2D eigenvalue weighted by molar-refractivity contribution is 7.91. The third-order valence-corrected chi connectivity index (χ3v) is 15.2. The lowest BCUT2D eigenvalue weighted by Crippen LogP contribution is -2.42. The van der Waals surface area contributed by atoms with Crippen molar-refractivity contribution in [2.75, 3.05) is 33.3 Å². The summed E-state index contributed by atoms with van der Waals surface area (Å²) in [6, 6.07) is 13.0. The van der Waals surface area contributed by atoms with Gasteiger partial charge in [-0.25, -0.2) is 18.4 Å². The number of nitro groups is 1. The highest BCUT2D eigenvalue weighted by Crippen LogP contribution is 2.47. The van der Waals surface area contributed by atoms with Crippen LogP contribution < -0.4 is 9.46 Å². The second kappa shape index (κ2) is 14.9. The van der Waals surface area contributed by atoms with Crippen LogP contribution in [0.5, 0.6) is 5.88 Å². The summed E-state index contributed by atoms with van der Waals surface area (Å²) in [6.45, 7) is 6.32. The number of ether oxygens (including phenoxy) is 1. The molecule has 3 fully saturated rings. The lowest BCUT2D eigenvalue weighted by Gasteiger charge is -2.24. The molecule has 2 aliphatic carbocycles. The Kier molecular flexibility index (Phi) is 9.98.